The van der Waals surface area contributed by atoms with E-state index in [2.05, 4.69) is 79.7 Å². The predicted octanol–water partition coefficient (Wildman–Crippen LogP) is 12.3. The van der Waals surface area contributed by atoms with Gasteiger partial charge >= 0.3 is 0 Å². The number of aryl methyl sites for hydroxylation is 1. The van der Waals surface area contributed by atoms with Crippen molar-refractivity contribution in [3.8, 4) is 20.9 Å². The van der Waals surface area contributed by atoms with E-state index in [1.165, 1.54) is 71.0 Å². The summed E-state index contributed by atoms with van der Waals surface area (Å²) in [5.41, 5.74) is 5.53. The van der Waals surface area contributed by atoms with Gasteiger partial charge < -0.3 is 9.47 Å². The average molecular weight is 627 g/mol. The highest BCUT2D eigenvalue weighted by atomic mass is 32.1. The molecule has 0 spiro atoms. The lowest BCUT2D eigenvalue weighted by Gasteiger charge is -2.19. The Morgan fingerprint density at radius 3 is 1.83 bits per heavy atom. The molecule has 7 rings (SSSR count). The fourth-order valence-electron chi connectivity index (χ4n) is 6.15. The van der Waals surface area contributed by atoms with E-state index in [0.717, 1.165) is 38.7 Å². The van der Waals surface area contributed by atoms with Gasteiger partial charge in [-0.25, -0.2) is 0 Å². The minimum Gasteiger partial charge on any atom is -0.385 e. The summed E-state index contributed by atoms with van der Waals surface area (Å²) in [6.45, 7) is 3.08. The van der Waals surface area contributed by atoms with Gasteiger partial charge in [0.05, 0.1) is 15.5 Å². The Morgan fingerprint density at radius 2 is 1.26 bits per heavy atom. The quantitative estimate of drug-likeness (QED) is 0.133. The Balaban J connectivity index is 1.54. The fourth-order valence-corrected chi connectivity index (χ4v) is 11.7. The zero-order valence-corrected chi connectivity index (χ0v) is 27.5. The van der Waals surface area contributed by atoms with Crippen molar-refractivity contribution in [3.63, 3.8) is 0 Å². The van der Waals surface area contributed by atoms with Crippen LogP contribution >= 0.6 is 45.3 Å². The van der Waals surface area contributed by atoms with E-state index in [1.54, 1.807) is 7.11 Å². The number of unbranched alkanes of at least 4 members (excludes halogenated alkanes) is 1. The van der Waals surface area contributed by atoms with Crippen LogP contribution in [0.2, 0.25) is 0 Å². The third kappa shape index (κ3) is 4.92. The Bertz CT molecular complexity index is 1970. The van der Waals surface area contributed by atoms with Crippen LogP contribution in [0.1, 0.15) is 49.8 Å². The number of thiophene rings is 4. The van der Waals surface area contributed by atoms with Gasteiger partial charge in [-0.1, -0.05) is 74.0 Å². The molecule has 0 aliphatic carbocycles. The van der Waals surface area contributed by atoms with Crippen LogP contribution in [0.15, 0.2) is 72.8 Å². The highest BCUT2D eigenvalue weighted by Crippen LogP contribution is 2.54. The van der Waals surface area contributed by atoms with Crippen LogP contribution in [0.5, 0.6) is 0 Å². The van der Waals surface area contributed by atoms with Crippen LogP contribution in [0.25, 0.3) is 59.9 Å². The first-order valence-electron chi connectivity index (χ1n) is 14.7. The topological polar surface area (TPSA) is 18.5 Å². The number of benzene rings is 3. The lowest BCUT2D eigenvalue weighted by Crippen LogP contribution is -2.03. The minimum atomic E-state index is 0.0731. The Kier molecular flexibility index (Phi) is 8.19. The third-order valence-electron chi connectivity index (χ3n) is 8.12. The predicted molar refractivity (Wildman–Crippen MR) is 188 cm³/mol. The number of rotatable bonds is 11. The summed E-state index contributed by atoms with van der Waals surface area (Å²) in [4.78, 5) is 2.69. The van der Waals surface area contributed by atoms with Crippen molar-refractivity contribution in [2.75, 3.05) is 20.8 Å². The molecule has 1 atom stereocenters. The zero-order valence-electron chi connectivity index (χ0n) is 24.2. The molecule has 0 aliphatic rings. The maximum atomic E-state index is 6.32. The molecular weight excluding hydrogens is 593 g/mol. The van der Waals surface area contributed by atoms with E-state index < -0.39 is 0 Å². The monoisotopic (exact) mass is 626 g/mol. The van der Waals surface area contributed by atoms with Crippen LogP contribution in [0.3, 0.4) is 0 Å². The van der Waals surface area contributed by atoms with Crippen LogP contribution < -0.4 is 0 Å². The number of methoxy groups -OCH3 is 2. The van der Waals surface area contributed by atoms with Crippen molar-refractivity contribution in [1.29, 1.82) is 0 Å². The van der Waals surface area contributed by atoms with Gasteiger partial charge in [0.15, 0.2) is 0 Å². The minimum absolute atomic E-state index is 0.0731. The Labute approximate surface area is 263 Å². The number of hydrogen-bond acceptors (Lipinski definition) is 6. The molecule has 0 aliphatic heterocycles. The van der Waals surface area contributed by atoms with Crippen LogP contribution in [0, 0.1) is 0 Å². The molecule has 0 saturated heterocycles. The molecule has 0 bridgehead atoms. The lowest BCUT2D eigenvalue weighted by atomic mass is 9.94. The molecule has 0 amide bonds. The van der Waals surface area contributed by atoms with Gasteiger partial charge in [0.1, 0.15) is 0 Å². The largest absolute Gasteiger partial charge is 0.385 e. The van der Waals surface area contributed by atoms with Crippen molar-refractivity contribution >= 4 is 84.3 Å². The second-order valence-corrected chi connectivity index (χ2v) is 15.0. The molecule has 3 aromatic carbocycles. The van der Waals surface area contributed by atoms with Gasteiger partial charge in [-0.3, -0.25) is 0 Å². The summed E-state index contributed by atoms with van der Waals surface area (Å²) < 4.78 is 20.3. The van der Waals surface area contributed by atoms with Crippen molar-refractivity contribution < 1.29 is 9.47 Å². The molecule has 6 heteroatoms. The SMILES string of the molecule is CCCC(OC)c1c2sc3cc(-c4ccccc4)sc3c2c(CCCCOC)c2sc3cc(-c4ccccc4)sc3c12. The molecule has 1 unspecified atom stereocenters. The average Bonchev–Trinajstić information content (AvgIpc) is 3.79. The molecule has 0 radical (unpaired) electrons. The summed E-state index contributed by atoms with van der Waals surface area (Å²) in [6.07, 6.45) is 5.43. The van der Waals surface area contributed by atoms with Gasteiger partial charge in [0, 0.05) is 65.7 Å². The first-order valence-corrected chi connectivity index (χ1v) is 18.0. The third-order valence-corrected chi connectivity index (χ3v) is 13.1. The van der Waals surface area contributed by atoms with E-state index in [0.29, 0.717) is 0 Å². The first kappa shape index (κ1) is 28.2. The summed E-state index contributed by atoms with van der Waals surface area (Å²) in [6, 6.07) is 26.5. The highest BCUT2D eigenvalue weighted by molar-refractivity contribution is 7.36. The second kappa shape index (κ2) is 12.2. The van der Waals surface area contributed by atoms with E-state index in [9.17, 15) is 0 Å². The van der Waals surface area contributed by atoms with Gasteiger partial charge in [-0.05, 0) is 54.5 Å². The van der Waals surface area contributed by atoms with Crippen LogP contribution in [-0.2, 0) is 15.9 Å². The van der Waals surface area contributed by atoms with Gasteiger partial charge in [-0.15, -0.1) is 45.3 Å². The highest BCUT2D eigenvalue weighted by Gasteiger charge is 2.28. The summed E-state index contributed by atoms with van der Waals surface area (Å²) in [5.74, 6) is 0. The number of ether oxygens (including phenoxy) is 2. The zero-order chi connectivity index (χ0) is 28.6. The van der Waals surface area contributed by atoms with Crippen molar-refractivity contribution in [3.05, 3.63) is 83.9 Å². The maximum absolute atomic E-state index is 6.32. The molecule has 0 saturated carbocycles. The molecule has 0 fully saturated rings. The molecule has 7 aromatic rings. The van der Waals surface area contributed by atoms with Gasteiger partial charge in [-0.2, -0.15) is 0 Å². The normalized spacial score (nSPS) is 12.8. The van der Waals surface area contributed by atoms with E-state index in [1.807, 2.05) is 52.5 Å². The Hall–Kier alpha value is -2.58. The molecule has 214 valence electrons. The lowest BCUT2D eigenvalue weighted by molar-refractivity contribution is 0.0975. The first-order chi connectivity index (χ1) is 20.7. The van der Waals surface area contributed by atoms with Gasteiger partial charge in [0.25, 0.3) is 0 Å². The van der Waals surface area contributed by atoms with Crippen molar-refractivity contribution in [1.82, 2.24) is 0 Å². The van der Waals surface area contributed by atoms with E-state index >= 15 is 0 Å². The van der Waals surface area contributed by atoms with E-state index in [4.69, 9.17) is 9.47 Å². The molecule has 42 heavy (non-hydrogen) atoms. The van der Waals surface area contributed by atoms with Crippen LogP contribution in [-0.4, -0.2) is 20.8 Å². The summed E-state index contributed by atoms with van der Waals surface area (Å²) >= 11 is 7.87. The molecule has 0 N–H and O–H groups in total. The smallest absolute Gasteiger partial charge is 0.0841 e. The van der Waals surface area contributed by atoms with E-state index in [-0.39, 0.29) is 6.10 Å². The van der Waals surface area contributed by atoms with Crippen LogP contribution in [0.4, 0.5) is 0 Å². The molecule has 2 nitrogen and oxygen atoms in total. The molecule has 4 aromatic heterocycles. The Morgan fingerprint density at radius 1 is 0.667 bits per heavy atom. The number of hydrogen-bond donors (Lipinski definition) is 0. The second-order valence-electron chi connectivity index (χ2n) is 10.8. The van der Waals surface area contributed by atoms with Gasteiger partial charge in [0.2, 0.25) is 0 Å². The van der Waals surface area contributed by atoms with Crippen molar-refractivity contribution in [2.45, 2.75) is 45.1 Å². The summed E-state index contributed by atoms with van der Waals surface area (Å²) in [5, 5.41) is 2.91. The standard InChI is InChI=1S/C36H34O2S4/c1-4-13-25(38-3)31-32-33(41-29-21-27(40-35(29)32)23-16-9-6-10-17-23)24(18-11-12-19-37-2)30-34-28(42-36(30)31)20-26(39-34)22-14-7-5-8-15-22/h5-10,14-17,20-21,25H,4,11-13,18-19H2,1-3H3. The maximum Gasteiger partial charge on any atom is 0.0841 e. The molecular formula is C36H34O2S4. The van der Waals surface area contributed by atoms with Crippen molar-refractivity contribution in [2.24, 2.45) is 0 Å². The fraction of sp³-hybridized carbons (Fsp3) is 0.278. The summed E-state index contributed by atoms with van der Waals surface area (Å²) in [7, 11) is 3.70. The molecule has 4 heterocycles. The number of fused-ring (bicyclic) bond motifs is 6.